The van der Waals surface area contributed by atoms with E-state index in [2.05, 4.69) is 61.6 Å². The van der Waals surface area contributed by atoms with Gasteiger partial charge in [-0.25, -0.2) is 0 Å². The lowest BCUT2D eigenvalue weighted by Gasteiger charge is -2.35. The highest BCUT2D eigenvalue weighted by atomic mass is 28.4. The average molecular weight is 298 g/mol. The highest BCUT2D eigenvalue weighted by Gasteiger charge is 2.50. The molecule has 0 aromatic rings. The van der Waals surface area contributed by atoms with Crippen molar-refractivity contribution in [3.63, 3.8) is 0 Å². The van der Waals surface area contributed by atoms with Gasteiger partial charge in [0, 0.05) is 6.32 Å². The van der Waals surface area contributed by atoms with Gasteiger partial charge in [-0.1, -0.05) is 26.8 Å². The molecule has 0 bridgehead atoms. The Balaban J connectivity index is 2.49. The number of hydrogen-bond acceptors (Lipinski definition) is 3. The van der Waals surface area contributed by atoms with Crippen LogP contribution in [0.5, 0.6) is 0 Å². The van der Waals surface area contributed by atoms with Crippen LogP contribution in [-0.4, -0.2) is 26.6 Å². The van der Waals surface area contributed by atoms with Crippen molar-refractivity contribution in [3.05, 3.63) is 12.3 Å². The second-order valence-corrected chi connectivity index (χ2v) is 12.9. The Hall–Kier alpha value is -0.258. The summed E-state index contributed by atoms with van der Waals surface area (Å²) in [5, 5.41) is 0.224. The Kier molecular flexibility index (Phi) is 4.90. The fraction of sp³-hybridized carbons (Fsp3) is 0.867. The van der Waals surface area contributed by atoms with Crippen LogP contribution in [0.25, 0.3) is 0 Å². The zero-order valence-electron chi connectivity index (χ0n) is 14.7. The van der Waals surface area contributed by atoms with E-state index in [4.69, 9.17) is 13.7 Å². The van der Waals surface area contributed by atoms with E-state index < -0.39 is 8.32 Å². The quantitative estimate of drug-likeness (QED) is 0.560. The third-order valence-electron chi connectivity index (χ3n) is 4.90. The molecule has 1 fully saturated rings. The molecule has 0 aromatic heterocycles. The van der Waals surface area contributed by atoms with Gasteiger partial charge in [-0.05, 0) is 45.8 Å². The van der Waals surface area contributed by atoms with Gasteiger partial charge >= 0.3 is 7.12 Å². The minimum atomic E-state index is -1.71. The third-order valence-corrected chi connectivity index (χ3v) is 9.23. The van der Waals surface area contributed by atoms with Crippen LogP contribution >= 0.6 is 0 Å². The molecule has 0 amide bonds. The molecule has 1 saturated heterocycles. The van der Waals surface area contributed by atoms with Crippen LogP contribution < -0.4 is 0 Å². The first kappa shape index (κ1) is 17.8. The van der Waals surface area contributed by atoms with Crippen LogP contribution in [0.4, 0.5) is 0 Å². The van der Waals surface area contributed by atoms with Gasteiger partial charge in [0.1, 0.15) is 0 Å². The molecule has 1 heterocycles. The number of allylic oxidation sites excluding steroid dienone is 1. The molecule has 1 rings (SSSR count). The standard InChI is InChI=1S/C15H31BO3Si/c1-13(2,3)20(8,9)17-12-10-11-16-18-14(4,5)15(6,7)19-16/h10,12H,11H2,1-9H3/b12-10-. The summed E-state index contributed by atoms with van der Waals surface area (Å²) >= 11 is 0. The summed E-state index contributed by atoms with van der Waals surface area (Å²) < 4.78 is 17.9. The number of rotatable bonds is 4. The molecule has 0 spiro atoms. The van der Waals surface area contributed by atoms with Gasteiger partial charge in [0.25, 0.3) is 0 Å². The fourth-order valence-electron chi connectivity index (χ4n) is 1.62. The maximum absolute atomic E-state index is 6.00. The average Bonchev–Trinajstić information content (AvgIpc) is 2.41. The minimum absolute atomic E-state index is 0.181. The molecule has 0 radical (unpaired) electrons. The van der Waals surface area contributed by atoms with Crippen molar-refractivity contribution < 1.29 is 13.7 Å². The second kappa shape index (κ2) is 5.50. The van der Waals surface area contributed by atoms with Crippen molar-refractivity contribution in [3.8, 4) is 0 Å². The Morgan fingerprint density at radius 3 is 1.90 bits per heavy atom. The zero-order chi connectivity index (χ0) is 15.8. The Morgan fingerprint density at radius 2 is 1.50 bits per heavy atom. The van der Waals surface area contributed by atoms with E-state index in [0.29, 0.717) is 0 Å². The summed E-state index contributed by atoms with van der Waals surface area (Å²) in [7, 11) is -1.89. The molecule has 5 heteroatoms. The molecule has 0 saturated carbocycles. The first-order chi connectivity index (χ1) is 8.79. The zero-order valence-corrected chi connectivity index (χ0v) is 15.7. The lowest BCUT2D eigenvalue weighted by atomic mass is 9.85. The third kappa shape index (κ3) is 3.89. The molecule has 0 unspecified atom stereocenters. The monoisotopic (exact) mass is 298 g/mol. The highest BCUT2D eigenvalue weighted by Crippen LogP contribution is 2.38. The van der Waals surface area contributed by atoms with Crippen molar-refractivity contribution in [1.82, 2.24) is 0 Å². The fourth-order valence-corrected chi connectivity index (χ4v) is 2.41. The van der Waals surface area contributed by atoms with Gasteiger partial charge in [-0.3, -0.25) is 0 Å². The van der Waals surface area contributed by atoms with E-state index in [1.54, 1.807) is 0 Å². The van der Waals surface area contributed by atoms with Gasteiger partial charge in [-0.2, -0.15) is 0 Å². The largest absolute Gasteiger partial charge is 0.549 e. The summed E-state index contributed by atoms with van der Waals surface area (Å²) in [5.41, 5.74) is -0.516. The molecule has 0 atom stereocenters. The van der Waals surface area contributed by atoms with E-state index in [1.165, 1.54) is 0 Å². The molecule has 0 aromatic carbocycles. The summed E-state index contributed by atoms with van der Waals surface area (Å²) in [6.07, 6.45) is 4.58. The van der Waals surface area contributed by atoms with Crippen LogP contribution in [0, 0.1) is 0 Å². The first-order valence-corrected chi connectivity index (χ1v) is 10.4. The minimum Gasteiger partial charge on any atom is -0.549 e. The van der Waals surface area contributed by atoms with Crippen LogP contribution in [0.15, 0.2) is 12.3 Å². The van der Waals surface area contributed by atoms with Crippen LogP contribution in [-0.2, 0) is 13.7 Å². The summed E-state index contributed by atoms with van der Waals surface area (Å²) in [6, 6.07) is 0. The predicted octanol–water partition coefficient (Wildman–Crippen LogP) is 4.61. The molecule has 1 aliphatic rings. The van der Waals surface area contributed by atoms with Gasteiger partial charge < -0.3 is 13.7 Å². The highest BCUT2D eigenvalue weighted by molar-refractivity contribution is 6.74. The Morgan fingerprint density at radius 1 is 1.05 bits per heavy atom. The number of hydrogen-bond donors (Lipinski definition) is 0. The smallest absolute Gasteiger partial charge is 0.461 e. The molecule has 0 aliphatic carbocycles. The molecular formula is C15H31BO3Si. The Labute approximate surface area is 126 Å². The van der Waals surface area contributed by atoms with Crippen LogP contribution in [0.3, 0.4) is 0 Å². The molecule has 1 aliphatic heterocycles. The molecule has 116 valence electrons. The van der Waals surface area contributed by atoms with E-state index in [0.717, 1.165) is 6.32 Å². The van der Waals surface area contributed by atoms with Crippen molar-refractivity contribution in [2.45, 2.75) is 84.1 Å². The molecular weight excluding hydrogens is 267 g/mol. The van der Waals surface area contributed by atoms with E-state index in [-0.39, 0.29) is 23.4 Å². The van der Waals surface area contributed by atoms with Gasteiger partial charge in [0.15, 0.2) is 0 Å². The molecule has 0 N–H and O–H groups in total. The van der Waals surface area contributed by atoms with Gasteiger partial charge in [-0.15, -0.1) is 0 Å². The van der Waals surface area contributed by atoms with Crippen molar-refractivity contribution >= 4 is 15.4 Å². The SMILES string of the molecule is CC1(C)OB(C/C=C\O[Si](C)(C)C(C)(C)C)OC1(C)C. The van der Waals surface area contributed by atoms with E-state index in [9.17, 15) is 0 Å². The van der Waals surface area contributed by atoms with E-state index in [1.807, 2.05) is 12.3 Å². The maximum atomic E-state index is 6.00. The summed E-state index contributed by atoms with van der Waals surface area (Å²) in [6.45, 7) is 19.5. The summed E-state index contributed by atoms with van der Waals surface area (Å²) in [4.78, 5) is 0. The summed E-state index contributed by atoms with van der Waals surface area (Å²) in [5.74, 6) is 0. The topological polar surface area (TPSA) is 27.7 Å². The van der Waals surface area contributed by atoms with Gasteiger partial charge in [0.2, 0.25) is 8.32 Å². The van der Waals surface area contributed by atoms with Gasteiger partial charge in [0.05, 0.1) is 17.5 Å². The lowest BCUT2D eigenvalue weighted by molar-refractivity contribution is 0.00578. The van der Waals surface area contributed by atoms with E-state index >= 15 is 0 Å². The normalized spacial score (nSPS) is 22.6. The first-order valence-electron chi connectivity index (χ1n) is 7.47. The van der Waals surface area contributed by atoms with Crippen LogP contribution in [0.1, 0.15) is 48.5 Å². The molecule has 20 heavy (non-hydrogen) atoms. The second-order valence-electron chi connectivity index (χ2n) is 8.17. The van der Waals surface area contributed by atoms with Crippen molar-refractivity contribution in [2.24, 2.45) is 0 Å². The predicted molar refractivity (Wildman–Crippen MR) is 88.3 cm³/mol. The molecule has 3 nitrogen and oxygen atoms in total. The maximum Gasteiger partial charge on any atom is 0.461 e. The lowest BCUT2D eigenvalue weighted by Crippen LogP contribution is -2.41. The van der Waals surface area contributed by atoms with Crippen molar-refractivity contribution in [1.29, 1.82) is 0 Å². The van der Waals surface area contributed by atoms with Crippen LogP contribution in [0.2, 0.25) is 24.5 Å². The van der Waals surface area contributed by atoms with Crippen molar-refractivity contribution in [2.75, 3.05) is 0 Å². The Bertz CT molecular complexity index is 354.